The molecule has 1 unspecified atom stereocenters. The molecule has 2 heterocycles. The lowest BCUT2D eigenvalue weighted by atomic mass is 9.75. The van der Waals surface area contributed by atoms with Gasteiger partial charge in [-0.25, -0.2) is 0 Å². The van der Waals surface area contributed by atoms with Crippen molar-refractivity contribution in [1.29, 1.82) is 0 Å². The van der Waals surface area contributed by atoms with Crippen LogP contribution in [0.1, 0.15) is 51.3 Å². The van der Waals surface area contributed by atoms with Gasteiger partial charge in [-0.15, -0.1) is 0 Å². The Balaban J connectivity index is 1.75. The average Bonchev–Trinajstić information content (AvgIpc) is 2.85. The van der Waals surface area contributed by atoms with E-state index in [1.807, 2.05) is 0 Å². The Kier molecular flexibility index (Phi) is 4.12. The maximum Gasteiger partial charge on any atom is 0.228 e. The van der Waals surface area contributed by atoms with Crippen molar-refractivity contribution in [1.82, 2.24) is 0 Å². The first-order valence-corrected chi connectivity index (χ1v) is 11.2. The van der Waals surface area contributed by atoms with Crippen LogP contribution in [0.3, 0.4) is 0 Å². The molecule has 0 N–H and O–H groups in total. The second kappa shape index (κ2) is 6.35. The first-order chi connectivity index (χ1) is 14.5. The summed E-state index contributed by atoms with van der Waals surface area (Å²) in [5, 5.41) is 2.32. The summed E-state index contributed by atoms with van der Waals surface area (Å²) in [4.78, 5) is 7.54. The van der Waals surface area contributed by atoms with E-state index in [-0.39, 0.29) is 10.8 Å². The predicted octanol–water partition coefficient (Wildman–Crippen LogP) is 7.09. The number of fused-ring (bicyclic) bond motifs is 4. The molecule has 0 saturated carbocycles. The smallest absolute Gasteiger partial charge is 0.228 e. The first kappa shape index (κ1) is 20.1. The van der Waals surface area contributed by atoms with Crippen LogP contribution in [0.4, 0.5) is 11.4 Å². The van der Waals surface area contributed by atoms with Crippen molar-refractivity contribution in [2.45, 2.75) is 59.6 Å². The van der Waals surface area contributed by atoms with E-state index in [0.29, 0.717) is 0 Å². The third-order valence-corrected chi connectivity index (χ3v) is 6.80. The number of aliphatic imine (C=N–C) groups is 1. The van der Waals surface area contributed by atoms with Crippen molar-refractivity contribution >= 4 is 28.4 Å². The van der Waals surface area contributed by atoms with Crippen molar-refractivity contribution in [3.8, 4) is 5.75 Å². The van der Waals surface area contributed by atoms with Crippen molar-refractivity contribution in [2.75, 3.05) is 11.4 Å². The molecule has 5 rings (SSSR count). The van der Waals surface area contributed by atoms with Gasteiger partial charge < -0.3 is 9.64 Å². The molecule has 160 valence electrons. The van der Waals surface area contributed by atoms with Crippen LogP contribution in [0, 0.1) is 19.3 Å². The van der Waals surface area contributed by atoms with Gasteiger partial charge in [-0.05, 0) is 67.3 Å². The Labute approximate surface area is 185 Å². The molecular weight excluding hydrogens is 380 g/mol. The Hall–Kier alpha value is -2.81. The number of hydrogen-bond donors (Lipinski definition) is 0. The van der Waals surface area contributed by atoms with E-state index < -0.39 is 5.72 Å². The number of anilines is 1. The second-order valence-electron chi connectivity index (χ2n) is 10.9. The van der Waals surface area contributed by atoms with Crippen LogP contribution in [0.25, 0.3) is 10.8 Å². The summed E-state index contributed by atoms with van der Waals surface area (Å²) in [6, 6.07) is 17.2. The quantitative estimate of drug-likeness (QED) is 0.426. The summed E-state index contributed by atoms with van der Waals surface area (Å²) in [6.45, 7) is 16.7. The molecular formula is C28H32N2O. The van der Waals surface area contributed by atoms with Crippen LogP contribution < -0.4 is 9.64 Å². The van der Waals surface area contributed by atoms with Crippen molar-refractivity contribution in [3.63, 3.8) is 0 Å². The first-order valence-electron chi connectivity index (χ1n) is 11.2. The Morgan fingerprint density at radius 2 is 1.74 bits per heavy atom. The van der Waals surface area contributed by atoms with Crippen LogP contribution >= 0.6 is 0 Å². The highest BCUT2D eigenvalue weighted by Crippen LogP contribution is 2.56. The summed E-state index contributed by atoms with van der Waals surface area (Å²) in [7, 11) is 0. The SMILES string of the molecule is Cc1cc(C)c2c(c1)N(CC(C)(C)C)C1(C=Nc3c(ccc4ccccc34)O1)C2(C)C. The lowest BCUT2D eigenvalue weighted by molar-refractivity contribution is 0.0714. The molecule has 1 atom stereocenters. The highest BCUT2D eigenvalue weighted by atomic mass is 16.5. The van der Waals surface area contributed by atoms with Crippen LogP contribution in [0.2, 0.25) is 0 Å². The summed E-state index contributed by atoms with van der Waals surface area (Å²) in [6.07, 6.45) is 2.07. The van der Waals surface area contributed by atoms with Crippen molar-refractivity contribution in [3.05, 3.63) is 65.2 Å². The number of ether oxygens (including phenoxy) is 1. The summed E-state index contributed by atoms with van der Waals surface area (Å²) in [5.41, 5.74) is 5.32. The standard InChI is InChI=1S/C28H32N2O/c1-18-14-19(2)24-22(15-18)30(17-26(3,4)5)28(27(24,6)7)16-29-25-21-11-9-8-10-20(21)12-13-23(25)31-28/h8-16H,17H2,1-7H3. The van der Waals surface area contributed by atoms with Crippen molar-refractivity contribution < 1.29 is 4.74 Å². The average molecular weight is 413 g/mol. The van der Waals surface area contributed by atoms with E-state index in [2.05, 4.69) is 108 Å². The summed E-state index contributed by atoms with van der Waals surface area (Å²) >= 11 is 0. The van der Waals surface area contributed by atoms with E-state index in [1.54, 1.807) is 0 Å². The topological polar surface area (TPSA) is 24.8 Å². The van der Waals surface area contributed by atoms with Gasteiger partial charge in [-0.2, -0.15) is 0 Å². The lowest BCUT2D eigenvalue weighted by Crippen LogP contribution is -2.63. The number of rotatable bonds is 1. The molecule has 0 saturated heterocycles. The molecule has 0 aliphatic carbocycles. The number of hydrogen-bond acceptors (Lipinski definition) is 3. The Morgan fingerprint density at radius 3 is 2.48 bits per heavy atom. The molecule has 2 aliphatic heterocycles. The Bertz CT molecular complexity index is 1230. The van der Waals surface area contributed by atoms with Crippen LogP contribution in [-0.4, -0.2) is 18.5 Å². The fraction of sp³-hybridized carbons (Fsp3) is 0.393. The minimum Gasteiger partial charge on any atom is -0.459 e. The van der Waals surface area contributed by atoms with E-state index in [0.717, 1.165) is 23.4 Å². The van der Waals surface area contributed by atoms with E-state index in [1.165, 1.54) is 27.8 Å². The minimum atomic E-state index is -0.670. The predicted molar refractivity (Wildman–Crippen MR) is 131 cm³/mol. The van der Waals surface area contributed by atoms with Gasteiger partial charge in [0.15, 0.2) is 0 Å². The van der Waals surface area contributed by atoms with Gasteiger partial charge in [0.1, 0.15) is 11.4 Å². The zero-order chi connectivity index (χ0) is 22.2. The van der Waals surface area contributed by atoms with Crippen LogP contribution in [0.5, 0.6) is 5.75 Å². The highest BCUT2D eigenvalue weighted by molar-refractivity contribution is 6.00. The van der Waals surface area contributed by atoms with Gasteiger partial charge in [0.25, 0.3) is 0 Å². The zero-order valence-corrected chi connectivity index (χ0v) is 19.7. The fourth-order valence-electron chi connectivity index (χ4n) is 5.55. The molecule has 0 amide bonds. The number of nitrogens with zero attached hydrogens (tertiary/aromatic N) is 2. The molecule has 2 aliphatic rings. The zero-order valence-electron chi connectivity index (χ0n) is 19.7. The minimum absolute atomic E-state index is 0.100. The molecule has 3 heteroatoms. The van der Waals surface area contributed by atoms with E-state index in [9.17, 15) is 0 Å². The second-order valence-corrected chi connectivity index (χ2v) is 10.9. The third-order valence-electron chi connectivity index (χ3n) is 6.80. The van der Waals surface area contributed by atoms with Crippen molar-refractivity contribution in [2.24, 2.45) is 10.4 Å². The number of benzene rings is 3. The van der Waals surface area contributed by atoms with Gasteiger partial charge in [0, 0.05) is 17.6 Å². The molecule has 0 aromatic heterocycles. The Morgan fingerprint density at radius 1 is 1.00 bits per heavy atom. The third kappa shape index (κ3) is 2.82. The molecule has 31 heavy (non-hydrogen) atoms. The monoisotopic (exact) mass is 412 g/mol. The van der Waals surface area contributed by atoms with Gasteiger partial charge in [0.05, 0.1) is 11.6 Å². The molecule has 3 nitrogen and oxygen atoms in total. The highest BCUT2D eigenvalue weighted by Gasteiger charge is 2.60. The van der Waals surface area contributed by atoms with Gasteiger partial charge in [0.2, 0.25) is 5.72 Å². The summed E-state index contributed by atoms with van der Waals surface area (Å²) in [5.74, 6) is 0.857. The largest absolute Gasteiger partial charge is 0.459 e. The van der Waals surface area contributed by atoms with Gasteiger partial charge >= 0.3 is 0 Å². The normalized spacial score (nSPS) is 21.3. The molecule has 1 spiro atoms. The summed E-state index contributed by atoms with van der Waals surface area (Å²) < 4.78 is 7.02. The van der Waals surface area contributed by atoms with E-state index in [4.69, 9.17) is 9.73 Å². The van der Waals surface area contributed by atoms with E-state index >= 15 is 0 Å². The number of aryl methyl sites for hydroxylation is 2. The molecule has 0 fully saturated rings. The maximum absolute atomic E-state index is 7.02. The van der Waals surface area contributed by atoms with Crippen LogP contribution in [0.15, 0.2) is 53.5 Å². The molecule has 3 aromatic rings. The lowest BCUT2D eigenvalue weighted by Gasteiger charge is -2.48. The van der Waals surface area contributed by atoms with Crippen LogP contribution in [-0.2, 0) is 5.41 Å². The maximum atomic E-state index is 7.02. The molecule has 0 radical (unpaired) electrons. The fourth-order valence-corrected chi connectivity index (χ4v) is 5.55. The molecule has 3 aromatic carbocycles. The van der Waals surface area contributed by atoms with Gasteiger partial charge in [-0.3, -0.25) is 4.99 Å². The van der Waals surface area contributed by atoms with Gasteiger partial charge in [-0.1, -0.05) is 57.2 Å². The molecule has 0 bridgehead atoms.